The standard InChI is InChI=1S/C26H44OSi/c1-20(2)28(21(3)4,22(5)6)27-18-17-24(8)25(9)19-23(7)15-16-26-13-11-10-12-14-26/h10-14,19-22,24H,7,15-18H2,1-6,8-9H3/b25-19+/t24-/m0/s1. The minimum atomic E-state index is -1.75. The Bertz CT molecular complexity index is 591. The Balaban J connectivity index is 2.57. The van der Waals surface area contributed by atoms with Crippen LogP contribution in [0.3, 0.4) is 0 Å². The lowest BCUT2D eigenvalue weighted by Crippen LogP contribution is -2.48. The minimum Gasteiger partial charge on any atom is -0.416 e. The molecule has 0 bridgehead atoms. The third-order valence-electron chi connectivity index (χ3n) is 6.40. The fourth-order valence-electron chi connectivity index (χ4n) is 4.63. The van der Waals surface area contributed by atoms with Gasteiger partial charge in [0, 0.05) is 6.61 Å². The highest BCUT2D eigenvalue weighted by atomic mass is 28.4. The van der Waals surface area contributed by atoms with Gasteiger partial charge in [-0.05, 0) is 54.3 Å². The Morgan fingerprint density at radius 2 is 1.50 bits per heavy atom. The van der Waals surface area contributed by atoms with E-state index in [-0.39, 0.29) is 0 Å². The Morgan fingerprint density at radius 3 is 2.00 bits per heavy atom. The summed E-state index contributed by atoms with van der Waals surface area (Å²) in [6.45, 7) is 23.9. The molecule has 2 heteroatoms. The molecule has 1 atom stereocenters. The Kier molecular flexibility index (Phi) is 10.5. The second kappa shape index (κ2) is 11.8. The molecule has 0 aliphatic heterocycles. The third kappa shape index (κ3) is 7.04. The van der Waals surface area contributed by atoms with Crippen LogP contribution in [0.5, 0.6) is 0 Å². The first-order chi connectivity index (χ1) is 13.1. The van der Waals surface area contributed by atoms with E-state index in [0.717, 1.165) is 25.9 Å². The zero-order valence-electron chi connectivity index (χ0n) is 19.7. The lowest BCUT2D eigenvalue weighted by Gasteiger charge is -2.42. The van der Waals surface area contributed by atoms with Crippen molar-refractivity contribution < 1.29 is 4.43 Å². The highest BCUT2D eigenvalue weighted by Crippen LogP contribution is 2.42. The zero-order valence-corrected chi connectivity index (χ0v) is 20.7. The van der Waals surface area contributed by atoms with Crippen LogP contribution in [-0.2, 0) is 10.8 Å². The quantitative estimate of drug-likeness (QED) is 0.253. The summed E-state index contributed by atoms with van der Waals surface area (Å²) < 4.78 is 6.73. The molecule has 0 saturated carbocycles. The number of allylic oxidation sites excluding steroid dienone is 3. The highest BCUT2D eigenvalue weighted by Gasteiger charge is 2.44. The summed E-state index contributed by atoms with van der Waals surface area (Å²) in [5, 5.41) is 0. The van der Waals surface area contributed by atoms with E-state index in [1.54, 1.807) is 0 Å². The maximum absolute atomic E-state index is 6.73. The molecule has 0 radical (unpaired) electrons. The van der Waals surface area contributed by atoms with Gasteiger partial charge in [0.2, 0.25) is 0 Å². The third-order valence-corrected chi connectivity index (χ3v) is 12.5. The van der Waals surface area contributed by atoms with Gasteiger partial charge in [-0.3, -0.25) is 0 Å². The second-order valence-corrected chi connectivity index (χ2v) is 14.8. The Hall–Kier alpha value is -1.12. The summed E-state index contributed by atoms with van der Waals surface area (Å²) in [7, 11) is -1.75. The predicted octanol–water partition coefficient (Wildman–Crippen LogP) is 8.34. The van der Waals surface area contributed by atoms with E-state index in [2.05, 4.69) is 98.4 Å². The van der Waals surface area contributed by atoms with Gasteiger partial charge in [-0.1, -0.05) is 103 Å². The molecule has 0 N–H and O–H groups in total. The summed E-state index contributed by atoms with van der Waals surface area (Å²) >= 11 is 0. The van der Waals surface area contributed by atoms with Crippen molar-refractivity contribution in [3.05, 3.63) is 59.7 Å². The molecule has 0 aromatic heterocycles. The summed E-state index contributed by atoms with van der Waals surface area (Å²) in [6, 6.07) is 10.7. The van der Waals surface area contributed by atoms with E-state index < -0.39 is 8.32 Å². The monoisotopic (exact) mass is 400 g/mol. The minimum absolute atomic E-state index is 0.534. The van der Waals surface area contributed by atoms with Crippen LogP contribution in [-0.4, -0.2) is 14.9 Å². The smallest absolute Gasteiger partial charge is 0.200 e. The van der Waals surface area contributed by atoms with Crippen molar-refractivity contribution in [3.8, 4) is 0 Å². The van der Waals surface area contributed by atoms with Crippen LogP contribution in [0.2, 0.25) is 16.6 Å². The molecular weight excluding hydrogens is 356 g/mol. The van der Waals surface area contributed by atoms with Crippen molar-refractivity contribution in [2.45, 2.75) is 91.3 Å². The number of rotatable bonds is 12. The van der Waals surface area contributed by atoms with E-state index in [4.69, 9.17) is 4.43 Å². The Morgan fingerprint density at radius 1 is 0.964 bits per heavy atom. The summed E-state index contributed by atoms with van der Waals surface area (Å²) in [5.41, 5.74) is 5.98. The largest absolute Gasteiger partial charge is 0.416 e. The van der Waals surface area contributed by atoms with E-state index >= 15 is 0 Å². The van der Waals surface area contributed by atoms with Crippen molar-refractivity contribution in [2.75, 3.05) is 6.61 Å². The molecule has 1 rings (SSSR count). The average Bonchev–Trinajstić information content (AvgIpc) is 2.63. The number of aryl methyl sites for hydroxylation is 1. The molecule has 0 heterocycles. The van der Waals surface area contributed by atoms with Gasteiger partial charge in [0.15, 0.2) is 8.32 Å². The molecule has 1 nitrogen and oxygen atoms in total. The van der Waals surface area contributed by atoms with Crippen molar-refractivity contribution >= 4 is 8.32 Å². The van der Waals surface area contributed by atoms with Crippen LogP contribution in [0.25, 0.3) is 0 Å². The van der Waals surface area contributed by atoms with Crippen LogP contribution in [0.15, 0.2) is 54.1 Å². The van der Waals surface area contributed by atoms with E-state index in [0.29, 0.717) is 22.5 Å². The van der Waals surface area contributed by atoms with Crippen molar-refractivity contribution in [3.63, 3.8) is 0 Å². The summed E-state index contributed by atoms with van der Waals surface area (Å²) in [4.78, 5) is 0. The van der Waals surface area contributed by atoms with Gasteiger partial charge in [0.1, 0.15) is 0 Å². The average molecular weight is 401 g/mol. The normalized spacial score (nSPS) is 14.2. The van der Waals surface area contributed by atoms with Crippen LogP contribution >= 0.6 is 0 Å². The maximum atomic E-state index is 6.73. The molecule has 1 aromatic rings. The van der Waals surface area contributed by atoms with Crippen LogP contribution in [0.4, 0.5) is 0 Å². The maximum Gasteiger partial charge on any atom is 0.200 e. The van der Waals surface area contributed by atoms with Crippen LogP contribution < -0.4 is 0 Å². The molecule has 0 spiro atoms. The molecule has 0 unspecified atom stereocenters. The zero-order chi connectivity index (χ0) is 21.3. The molecule has 0 fully saturated rings. The first-order valence-corrected chi connectivity index (χ1v) is 13.3. The van der Waals surface area contributed by atoms with Gasteiger partial charge in [0.05, 0.1) is 0 Å². The molecule has 0 aliphatic carbocycles. The Labute approximate surface area is 176 Å². The first kappa shape index (κ1) is 24.9. The fourth-order valence-corrected chi connectivity index (χ4v) is 10.1. The van der Waals surface area contributed by atoms with Gasteiger partial charge < -0.3 is 4.43 Å². The molecule has 0 saturated heterocycles. The van der Waals surface area contributed by atoms with Crippen molar-refractivity contribution in [1.82, 2.24) is 0 Å². The van der Waals surface area contributed by atoms with Crippen LogP contribution in [0, 0.1) is 5.92 Å². The second-order valence-electron chi connectivity index (χ2n) is 9.39. The molecule has 1 aromatic carbocycles. The predicted molar refractivity (Wildman–Crippen MR) is 128 cm³/mol. The topological polar surface area (TPSA) is 9.23 Å². The molecular formula is C26H44OSi. The first-order valence-electron chi connectivity index (χ1n) is 11.1. The summed E-state index contributed by atoms with van der Waals surface area (Å²) in [5.74, 6) is 0.534. The fraction of sp³-hybridized carbons (Fsp3) is 0.615. The van der Waals surface area contributed by atoms with Gasteiger partial charge >= 0.3 is 0 Å². The molecule has 0 amide bonds. The van der Waals surface area contributed by atoms with Gasteiger partial charge in [-0.2, -0.15) is 0 Å². The number of hydrogen-bond acceptors (Lipinski definition) is 1. The van der Waals surface area contributed by atoms with E-state index in [9.17, 15) is 0 Å². The van der Waals surface area contributed by atoms with Crippen molar-refractivity contribution in [2.24, 2.45) is 5.92 Å². The van der Waals surface area contributed by atoms with Crippen LogP contribution in [0.1, 0.15) is 73.8 Å². The highest BCUT2D eigenvalue weighted by molar-refractivity contribution is 6.77. The van der Waals surface area contributed by atoms with Gasteiger partial charge in [-0.15, -0.1) is 0 Å². The molecule has 28 heavy (non-hydrogen) atoms. The molecule has 158 valence electrons. The lowest BCUT2D eigenvalue weighted by atomic mass is 9.96. The van der Waals surface area contributed by atoms with Crippen molar-refractivity contribution in [1.29, 1.82) is 0 Å². The van der Waals surface area contributed by atoms with Gasteiger partial charge in [-0.25, -0.2) is 0 Å². The van der Waals surface area contributed by atoms with Gasteiger partial charge in [0.25, 0.3) is 0 Å². The SMILES string of the molecule is C=C(/C=C(\C)[C@@H](C)CCO[Si](C(C)C)(C(C)C)C(C)C)CCc1ccccc1. The van der Waals surface area contributed by atoms with E-state index in [1.807, 2.05) is 0 Å². The number of hydrogen-bond donors (Lipinski definition) is 0. The summed E-state index contributed by atoms with van der Waals surface area (Å²) in [6.07, 6.45) is 5.47. The lowest BCUT2D eigenvalue weighted by molar-refractivity contribution is 0.258. The number of benzene rings is 1. The van der Waals surface area contributed by atoms with E-state index in [1.165, 1.54) is 16.7 Å². The molecule has 0 aliphatic rings.